The molecule has 0 bridgehead atoms. The number of ether oxygens (including phenoxy) is 1. The van der Waals surface area contributed by atoms with Gasteiger partial charge >= 0.3 is 6.09 Å². The number of nitrogens with zero attached hydrogens (tertiary/aromatic N) is 2. The Morgan fingerprint density at radius 1 is 1.00 bits per heavy atom. The number of benzene rings is 2. The number of fused-ring (bicyclic) bond motifs is 1. The van der Waals surface area contributed by atoms with Crippen LogP contribution in [0.25, 0.3) is 0 Å². The van der Waals surface area contributed by atoms with Gasteiger partial charge in [-0.2, -0.15) is 4.99 Å². The van der Waals surface area contributed by atoms with Gasteiger partial charge in [-0.1, -0.05) is 71.9 Å². The second kappa shape index (κ2) is 8.29. The number of rotatable bonds is 3. The summed E-state index contributed by atoms with van der Waals surface area (Å²) in [6.07, 6.45) is 0.280. The van der Waals surface area contributed by atoms with Crippen molar-refractivity contribution in [3.63, 3.8) is 0 Å². The van der Waals surface area contributed by atoms with Crippen LogP contribution >= 0.6 is 0 Å². The number of hydrogen-bond donors (Lipinski definition) is 0. The molecule has 3 rings (SSSR count). The fourth-order valence-electron chi connectivity index (χ4n) is 4.09. The Bertz CT molecular complexity index is 1010. The summed E-state index contributed by atoms with van der Waals surface area (Å²) in [4.78, 5) is 30.4. The van der Waals surface area contributed by atoms with Crippen LogP contribution in [0.3, 0.4) is 0 Å². The third kappa shape index (κ3) is 4.87. The molecule has 0 N–H and O–H groups in total. The summed E-state index contributed by atoms with van der Waals surface area (Å²) in [6.45, 7) is 13.6. The minimum atomic E-state index is -0.787. The summed E-state index contributed by atoms with van der Waals surface area (Å²) in [5.41, 5.74) is 3.78. The number of anilines is 2. The van der Waals surface area contributed by atoms with Crippen molar-refractivity contribution in [2.75, 3.05) is 12.0 Å². The topological polar surface area (TPSA) is 59.0 Å². The van der Waals surface area contributed by atoms with E-state index in [1.807, 2.05) is 30.3 Å². The van der Waals surface area contributed by atoms with E-state index >= 15 is 0 Å². The summed E-state index contributed by atoms with van der Waals surface area (Å²) in [6, 6.07) is 15.5. The van der Waals surface area contributed by atoms with Crippen molar-refractivity contribution in [2.45, 2.75) is 53.9 Å². The van der Waals surface area contributed by atoms with E-state index in [1.165, 1.54) is 12.7 Å². The van der Waals surface area contributed by atoms with Gasteiger partial charge < -0.3 is 4.74 Å². The predicted octanol–water partition coefficient (Wildman–Crippen LogP) is 6.49. The maximum absolute atomic E-state index is 13.2. The first-order chi connectivity index (χ1) is 14.4. The van der Waals surface area contributed by atoms with Gasteiger partial charge in [0.25, 0.3) is 5.91 Å². The molecule has 1 unspecified atom stereocenters. The Hall–Kier alpha value is -2.95. The number of carbonyl (C=O) groups excluding carboxylic acids is 2. The van der Waals surface area contributed by atoms with E-state index in [0.29, 0.717) is 17.2 Å². The van der Waals surface area contributed by atoms with Crippen molar-refractivity contribution in [3.05, 3.63) is 59.7 Å². The van der Waals surface area contributed by atoms with Crippen LogP contribution in [0.4, 0.5) is 16.2 Å². The smallest absolute Gasteiger partial charge is 0.434 e. The SMILES string of the molecule is COC(=O)N=C1C(=O)N(c2ccc(C(CC(C)(C)C)C(C)(C)C)cc2)c2ccccc21. The standard InChI is InChI=1S/C26H32N2O3/c1-25(2,3)16-20(26(4,5)6)17-12-14-18(15-13-17)28-21-11-9-8-10-19(21)22(23(28)29)27-24(30)31-7/h8-15,20H,16H2,1-7H3. The van der Waals surface area contributed by atoms with Gasteiger partial charge in [0.2, 0.25) is 0 Å². The van der Waals surface area contributed by atoms with Gasteiger partial charge in [-0.05, 0) is 46.9 Å². The number of carbonyl (C=O) groups is 2. The third-order valence-electron chi connectivity index (χ3n) is 5.60. The molecule has 31 heavy (non-hydrogen) atoms. The minimum absolute atomic E-state index is 0.104. The quantitative estimate of drug-likeness (QED) is 0.570. The molecule has 0 aromatic heterocycles. The molecule has 0 radical (unpaired) electrons. The largest absolute Gasteiger partial charge is 0.451 e. The van der Waals surface area contributed by atoms with Crippen LogP contribution in [0.5, 0.6) is 0 Å². The van der Waals surface area contributed by atoms with E-state index in [4.69, 9.17) is 0 Å². The lowest BCUT2D eigenvalue weighted by atomic mass is 9.69. The van der Waals surface area contributed by atoms with Gasteiger partial charge in [-0.15, -0.1) is 0 Å². The van der Waals surface area contributed by atoms with Gasteiger partial charge in [-0.3, -0.25) is 9.69 Å². The van der Waals surface area contributed by atoms with Gasteiger partial charge in [0.1, 0.15) is 5.71 Å². The van der Waals surface area contributed by atoms with E-state index in [9.17, 15) is 9.59 Å². The summed E-state index contributed by atoms with van der Waals surface area (Å²) in [7, 11) is 1.25. The number of aliphatic imine (C=N–C) groups is 1. The lowest BCUT2D eigenvalue weighted by molar-refractivity contribution is -0.111. The minimum Gasteiger partial charge on any atom is -0.451 e. The first kappa shape index (κ1) is 22.7. The zero-order valence-electron chi connectivity index (χ0n) is 19.5. The molecule has 0 saturated heterocycles. The van der Waals surface area contributed by atoms with Crippen LogP contribution in [0.15, 0.2) is 53.5 Å². The summed E-state index contributed by atoms with van der Waals surface area (Å²) in [5, 5.41) is 0. The molecule has 2 aromatic rings. The van der Waals surface area contributed by atoms with Crippen molar-refractivity contribution >= 4 is 29.1 Å². The lowest BCUT2D eigenvalue weighted by Gasteiger charge is -2.36. The number of para-hydroxylation sites is 1. The van der Waals surface area contributed by atoms with E-state index in [2.05, 4.69) is 63.4 Å². The molecule has 0 fully saturated rings. The molecule has 0 aliphatic carbocycles. The van der Waals surface area contributed by atoms with Gasteiger partial charge in [-0.25, -0.2) is 4.79 Å². The van der Waals surface area contributed by atoms with Crippen molar-refractivity contribution in [3.8, 4) is 0 Å². The Labute approximate surface area is 185 Å². The van der Waals surface area contributed by atoms with Crippen molar-refractivity contribution in [2.24, 2.45) is 15.8 Å². The zero-order chi connectivity index (χ0) is 23.0. The lowest BCUT2D eigenvalue weighted by Crippen LogP contribution is -2.26. The average molecular weight is 421 g/mol. The number of amides is 2. The molecule has 164 valence electrons. The highest BCUT2D eigenvalue weighted by Gasteiger charge is 2.36. The van der Waals surface area contributed by atoms with Crippen molar-refractivity contribution in [1.82, 2.24) is 0 Å². The number of hydrogen-bond acceptors (Lipinski definition) is 3. The van der Waals surface area contributed by atoms with Crippen molar-refractivity contribution < 1.29 is 14.3 Å². The van der Waals surface area contributed by atoms with Crippen LogP contribution in [0.2, 0.25) is 0 Å². The van der Waals surface area contributed by atoms with Gasteiger partial charge in [0.05, 0.1) is 12.8 Å². The molecule has 2 aromatic carbocycles. The van der Waals surface area contributed by atoms with Crippen LogP contribution < -0.4 is 4.90 Å². The predicted molar refractivity (Wildman–Crippen MR) is 125 cm³/mol. The molecule has 1 aliphatic heterocycles. The monoisotopic (exact) mass is 420 g/mol. The van der Waals surface area contributed by atoms with E-state index in [0.717, 1.165) is 12.1 Å². The highest BCUT2D eigenvalue weighted by atomic mass is 16.5. The molecular formula is C26H32N2O3. The Morgan fingerprint density at radius 3 is 2.16 bits per heavy atom. The third-order valence-corrected chi connectivity index (χ3v) is 5.60. The molecule has 5 nitrogen and oxygen atoms in total. The normalized spacial score (nSPS) is 16.4. The second-order valence-electron chi connectivity index (χ2n) is 10.4. The van der Waals surface area contributed by atoms with E-state index < -0.39 is 6.09 Å². The molecule has 5 heteroatoms. The fourth-order valence-corrected chi connectivity index (χ4v) is 4.09. The molecule has 1 heterocycles. The average Bonchev–Trinajstić information content (AvgIpc) is 2.96. The zero-order valence-corrected chi connectivity index (χ0v) is 19.5. The van der Waals surface area contributed by atoms with E-state index in [-0.39, 0.29) is 22.4 Å². The molecule has 1 atom stereocenters. The number of methoxy groups -OCH3 is 1. The van der Waals surface area contributed by atoms with Gasteiger partial charge in [0, 0.05) is 11.3 Å². The van der Waals surface area contributed by atoms with Crippen LogP contribution in [0, 0.1) is 10.8 Å². The van der Waals surface area contributed by atoms with Crippen LogP contribution in [-0.2, 0) is 9.53 Å². The molecule has 1 aliphatic rings. The van der Waals surface area contributed by atoms with E-state index in [1.54, 1.807) is 11.0 Å². The highest BCUT2D eigenvalue weighted by molar-refractivity contribution is 6.56. The summed E-state index contributed by atoms with van der Waals surface area (Å²) < 4.78 is 4.63. The maximum atomic E-state index is 13.2. The molecule has 2 amide bonds. The Balaban J connectivity index is 2.00. The summed E-state index contributed by atoms with van der Waals surface area (Å²) in [5.74, 6) is 0.0565. The van der Waals surface area contributed by atoms with Crippen molar-refractivity contribution in [1.29, 1.82) is 0 Å². The Morgan fingerprint density at radius 2 is 1.61 bits per heavy atom. The molecule has 0 saturated carbocycles. The Kier molecular flexibility index (Phi) is 6.08. The van der Waals surface area contributed by atoms with Gasteiger partial charge in [0.15, 0.2) is 0 Å². The fraction of sp³-hybridized carbons (Fsp3) is 0.423. The first-order valence-electron chi connectivity index (χ1n) is 10.6. The summed E-state index contributed by atoms with van der Waals surface area (Å²) >= 11 is 0. The second-order valence-corrected chi connectivity index (χ2v) is 10.4. The molecular weight excluding hydrogens is 388 g/mol. The van der Waals surface area contributed by atoms with Crippen LogP contribution in [0.1, 0.15) is 65.0 Å². The maximum Gasteiger partial charge on any atom is 0.434 e. The molecule has 0 spiro atoms. The van der Waals surface area contributed by atoms with Crippen LogP contribution in [-0.4, -0.2) is 24.8 Å². The first-order valence-corrected chi connectivity index (χ1v) is 10.6. The highest BCUT2D eigenvalue weighted by Crippen LogP contribution is 2.44.